The lowest BCUT2D eigenvalue weighted by molar-refractivity contribution is 0.309. The minimum absolute atomic E-state index is 0.425. The molecule has 0 aliphatic rings. The number of H-pyrrole nitrogens is 1. The average molecular weight is 475 g/mol. The number of nitrogens with one attached hydrogen (secondary N) is 1. The first kappa shape index (κ1) is 19.0. The van der Waals surface area contributed by atoms with Gasteiger partial charge in [-0.25, -0.2) is 4.98 Å². The van der Waals surface area contributed by atoms with E-state index < -0.39 is 0 Å². The van der Waals surface area contributed by atoms with E-state index in [1.165, 1.54) is 0 Å². The number of halogens is 1. The zero-order valence-corrected chi connectivity index (χ0v) is 17.3. The molecule has 0 fully saturated rings. The van der Waals surface area contributed by atoms with E-state index in [0.717, 1.165) is 25.9 Å². The van der Waals surface area contributed by atoms with E-state index in [1.807, 2.05) is 37.3 Å². The third kappa shape index (κ3) is 4.01. The molecule has 0 saturated carbocycles. The molecule has 0 unspecified atom stereocenters. The summed E-state index contributed by atoms with van der Waals surface area (Å²) < 4.78 is 17.2. The van der Waals surface area contributed by atoms with Crippen LogP contribution in [0, 0.1) is 14.9 Å². The molecule has 1 heterocycles. The molecule has 0 aliphatic carbocycles. The smallest absolute Gasteiger partial charge is 0.174 e. The van der Waals surface area contributed by atoms with Gasteiger partial charge in [0.25, 0.3) is 0 Å². The third-order valence-electron chi connectivity index (χ3n) is 3.91. The molecule has 138 valence electrons. The van der Waals surface area contributed by atoms with Crippen LogP contribution < -0.4 is 14.2 Å². The number of ether oxygens (including phenoxy) is 3. The van der Waals surface area contributed by atoms with Crippen molar-refractivity contribution in [2.24, 2.45) is 0 Å². The molecular formula is C20H18IN3O3. The maximum Gasteiger partial charge on any atom is 0.174 e. The van der Waals surface area contributed by atoms with Gasteiger partial charge in [0.05, 0.1) is 41.0 Å². The normalized spacial score (nSPS) is 11.3. The van der Waals surface area contributed by atoms with Crippen LogP contribution in [0.2, 0.25) is 0 Å². The Kier molecular flexibility index (Phi) is 5.86. The van der Waals surface area contributed by atoms with E-state index in [4.69, 9.17) is 14.2 Å². The first-order valence-corrected chi connectivity index (χ1v) is 9.33. The van der Waals surface area contributed by atoms with Crippen molar-refractivity contribution in [2.45, 2.75) is 6.92 Å². The summed E-state index contributed by atoms with van der Waals surface area (Å²) >= 11 is 2.19. The Bertz CT molecular complexity index is 1050. The van der Waals surface area contributed by atoms with Crippen molar-refractivity contribution in [1.29, 1.82) is 5.26 Å². The zero-order valence-electron chi connectivity index (χ0n) is 15.2. The Morgan fingerprint density at radius 3 is 2.74 bits per heavy atom. The number of allylic oxidation sites excluding steroid dienone is 1. The number of imidazole rings is 1. The largest absolute Gasteiger partial charge is 0.497 e. The van der Waals surface area contributed by atoms with Crippen LogP contribution in [-0.2, 0) is 0 Å². The molecule has 0 amide bonds. The second-order valence-electron chi connectivity index (χ2n) is 5.61. The predicted molar refractivity (Wildman–Crippen MR) is 113 cm³/mol. The molecule has 0 radical (unpaired) electrons. The number of methoxy groups -OCH3 is 2. The molecule has 0 spiro atoms. The van der Waals surface area contributed by atoms with Crippen LogP contribution in [0.15, 0.2) is 30.3 Å². The van der Waals surface area contributed by atoms with Gasteiger partial charge in [-0.15, -0.1) is 0 Å². The number of fused-ring (bicyclic) bond motifs is 1. The summed E-state index contributed by atoms with van der Waals surface area (Å²) in [7, 11) is 3.22. The molecule has 0 saturated heterocycles. The summed E-state index contributed by atoms with van der Waals surface area (Å²) in [5, 5.41) is 9.65. The summed E-state index contributed by atoms with van der Waals surface area (Å²) in [5.74, 6) is 2.56. The number of benzene rings is 2. The van der Waals surface area contributed by atoms with Gasteiger partial charge in [0.2, 0.25) is 0 Å². The number of nitriles is 1. The highest BCUT2D eigenvalue weighted by molar-refractivity contribution is 14.1. The summed E-state index contributed by atoms with van der Waals surface area (Å²) in [5.41, 5.74) is 2.84. The van der Waals surface area contributed by atoms with E-state index in [2.05, 4.69) is 38.6 Å². The fourth-order valence-electron chi connectivity index (χ4n) is 2.70. The molecule has 0 bridgehead atoms. The van der Waals surface area contributed by atoms with Gasteiger partial charge in [-0.05, 0) is 65.4 Å². The van der Waals surface area contributed by atoms with Crippen LogP contribution in [-0.4, -0.2) is 30.8 Å². The van der Waals surface area contributed by atoms with Crippen molar-refractivity contribution in [2.75, 3.05) is 20.8 Å². The minimum Gasteiger partial charge on any atom is -0.497 e. The first-order chi connectivity index (χ1) is 13.1. The first-order valence-electron chi connectivity index (χ1n) is 8.25. The van der Waals surface area contributed by atoms with Crippen LogP contribution in [0.3, 0.4) is 0 Å². The Hall–Kier alpha value is -2.73. The molecule has 0 aliphatic heterocycles. The molecule has 0 atom stereocenters. The zero-order chi connectivity index (χ0) is 19.4. The molecule has 3 rings (SSSR count). The summed E-state index contributed by atoms with van der Waals surface area (Å²) in [6.45, 7) is 2.44. The molecule has 27 heavy (non-hydrogen) atoms. The average Bonchev–Trinajstić information content (AvgIpc) is 3.09. The van der Waals surface area contributed by atoms with Crippen LogP contribution >= 0.6 is 22.6 Å². The number of hydrogen-bond donors (Lipinski definition) is 1. The van der Waals surface area contributed by atoms with Crippen molar-refractivity contribution in [1.82, 2.24) is 9.97 Å². The van der Waals surface area contributed by atoms with E-state index in [9.17, 15) is 5.26 Å². The van der Waals surface area contributed by atoms with E-state index in [1.54, 1.807) is 20.3 Å². The maximum atomic E-state index is 9.65. The number of hydrogen-bond acceptors (Lipinski definition) is 5. The Balaban J connectivity index is 2.05. The van der Waals surface area contributed by atoms with Crippen molar-refractivity contribution >= 4 is 45.3 Å². The molecule has 6 nitrogen and oxygen atoms in total. The molecule has 1 aromatic heterocycles. The van der Waals surface area contributed by atoms with Crippen molar-refractivity contribution < 1.29 is 14.2 Å². The van der Waals surface area contributed by atoms with Gasteiger partial charge in [0.15, 0.2) is 11.5 Å². The predicted octanol–water partition coefficient (Wildman–Crippen LogP) is 4.65. The number of rotatable bonds is 6. The van der Waals surface area contributed by atoms with Crippen LogP contribution in [0.1, 0.15) is 18.3 Å². The Morgan fingerprint density at radius 2 is 2.07 bits per heavy atom. The van der Waals surface area contributed by atoms with Crippen LogP contribution in [0.4, 0.5) is 0 Å². The van der Waals surface area contributed by atoms with Gasteiger partial charge in [-0.3, -0.25) is 0 Å². The van der Waals surface area contributed by atoms with Gasteiger partial charge < -0.3 is 19.2 Å². The van der Waals surface area contributed by atoms with Gasteiger partial charge in [0.1, 0.15) is 17.6 Å². The SMILES string of the molecule is CCOc1cc(C=C(C#N)c2nc3ccc(OC)cc3[nH]2)cc(I)c1OC. The van der Waals surface area contributed by atoms with Gasteiger partial charge in [-0.2, -0.15) is 5.26 Å². The number of aromatic amines is 1. The molecule has 3 aromatic rings. The second-order valence-corrected chi connectivity index (χ2v) is 6.77. The standard InChI is InChI=1S/C20H18IN3O3/c1-4-27-18-9-12(8-15(21)19(18)26-3)7-13(11-22)20-23-16-6-5-14(25-2)10-17(16)24-20/h5-10H,4H2,1-3H3,(H,23,24). The van der Waals surface area contributed by atoms with Crippen molar-refractivity contribution in [3.63, 3.8) is 0 Å². The number of aromatic nitrogens is 2. The summed E-state index contributed by atoms with van der Waals surface area (Å²) in [6, 6.07) is 11.5. The topological polar surface area (TPSA) is 80.2 Å². The third-order valence-corrected chi connectivity index (χ3v) is 4.71. The van der Waals surface area contributed by atoms with Crippen molar-refractivity contribution in [3.8, 4) is 23.3 Å². The van der Waals surface area contributed by atoms with E-state index >= 15 is 0 Å². The Labute approximate surface area is 170 Å². The minimum atomic E-state index is 0.425. The second kappa shape index (κ2) is 8.31. The van der Waals surface area contributed by atoms with Crippen molar-refractivity contribution in [3.05, 3.63) is 45.3 Å². The lowest BCUT2D eigenvalue weighted by Gasteiger charge is -2.12. The monoisotopic (exact) mass is 475 g/mol. The fourth-order valence-corrected chi connectivity index (χ4v) is 3.54. The highest BCUT2D eigenvalue weighted by Crippen LogP contribution is 2.35. The summed E-state index contributed by atoms with van der Waals surface area (Å²) in [4.78, 5) is 7.69. The van der Waals surface area contributed by atoms with E-state index in [0.29, 0.717) is 29.5 Å². The fraction of sp³-hybridized carbons (Fsp3) is 0.200. The highest BCUT2D eigenvalue weighted by Gasteiger charge is 2.13. The van der Waals surface area contributed by atoms with Gasteiger partial charge in [0, 0.05) is 6.07 Å². The maximum absolute atomic E-state index is 9.65. The molecule has 1 N–H and O–H groups in total. The molecule has 2 aromatic carbocycles. The Morgan fingerprint density at radius 1 is 1.26 bits per heavy atom. The molecule has 7 heteroatoms. The number of nitrogens with zero attached hydrogens (tertiary/aromatic N) is 2. The van der Waals surface area contributed by atoms with Gasteiger partial charge >= 0.3 is 0 Å². The van der Waals surface area contributed by atoms with Gasteiger partial charge in [-0.1, -0.05) is 0 Å². The highest BCUT2D eigenvalue weighted by atomic mass is 127. The van der Waals surface area contributed by atoms with Crippen LogP contribution in [0.25, 0.3) is 22.7 Å². The lowest BCUT2D eigenvalue weighted by atomic mass is 10.1. The lowest BCUT2D eigenvalue weighted by Crippen LogP contribution is -1.98. The summed E-state index contributed by atoms with van der Waals surface area (Å²) in [6.07, 6.45) is 1.78. The van der Waals surface area contributed by atoms with Crippen LogP contribution in [0.5, 0.6) is 17.2 Å². The molecular weight excluding hydrogens is 457 g/mol. The van der Waals surface area contributed by atoms with E-state index in [-0.39, 0.29) is 0 Å². The quantitative estimate of drug-likeness (QED) is 0.415.